The molecule has 1 N–H and O–H groups in total. The molecule has 12 heteroatoms. The van der Waals surface area contributed by atoms with Crippen LogP contribution in [-0.4, -0.2) is 57.4 Å². The lowest BCUT2D eigenvalue weighted by Crippen LogP contribution is -2.35. The molecule has 0 fully saturated rings. The standard InChI is InChI=1S/C40H49F4N3O5/c1-7-9-19-38(5)29-23-28(52-40(42,43)44)12-13-31(29)46(20-16-35(48)49)34(38)15-11-27(25-45)10-14-33-37(4,18-8-2)30-24-39(6,41)26(3)22-32(30)47(33)21-17-36(50)51/h10-15,23,26H,7-9,16-22,24H2,1-6H3,(H-,48,49,50,51). The average Bonchev–Trinajstić information content (AvgIpc) is 3.40. The predicted molar refractivity (Wildman–Crippen MR) is 187 cm³/mol. The number of rotatable bonds is 15. The van der Waals surface area contributed by atoms with Crippen LogP contribution in [0.4, 0.5) is 23.2 Å². The number of allylic oxidation sites excluding steroid dienone is 7. The maximum Gasteiger partial charge on any atom is 0.573 e. The molecule has 1 aromatic rings. The minimum atomic E-state index is -4.90. The number of nitrogens with zero attached hydrogens (tertiary/aromatic N) is 3. The topological polar surface area (TPSA) is 117 Å². The van der Waals surface area contributed by atoms with Crippen LogP contribution in [0.25, 0.3) is 0 Å². The Labute approximate surface area is 303 Å². The smallest absolute Gasteiger partial charge is 0.550 e. The molecule has 2 aliphatic heterocycles. The molecule has 52 heavy (non-hydrogen) atoms. The van der Waals surface area contributed by atoms with E-state index in [0.29, 0.717) is 36.2 Å². The van der Waals surface area contributed by atoms with Gasteiger partial charge >= 0.3 is 12.3 Å². The third-order valence-electron chi connectivity index (χ3n) is 11.0. The van der Waals surface area contributed by atoms with E-state index in [1.54, 1.807) is 29.7 Å². The Morgan fingerprint density at radius 1 is 1.15 bits per heavy atom. The van der Waals surface area contributed by atoms with E-state index in [1.807, 2.05) is 38.7 Å². The van der Waals surface area contributed by atoms with E-state index in [1.165, 1.54) is 18.2 Å². The van der Waals surface area contributed by atoms with E-state index in [0.717, 1.165) is 36.2 Å². The predicted octanol–water partition coefficient (Wildman–Crippen LogP) is 8.17. The van der Waals surface area contributed by atoms with Crippen molar-refractivity contribution in [3.63, 3.8) is 0 Å². The average molecular weight is 728 g/mol. The molecule has 0 saturated carbocycles. The fourth-order valence-electron chi connectivity index (χ4n) is 8.08. The van der Waals surface area contributed by atoms with Gasteiger partial charge in [-0.3, -0.25) is 4.79 Å². The lowest BCUT2D eigenvalue weighted by molar-refractivity contribution is -0.439. The van der Waals surface area contributed by atoms with Crippen molar-refractivity contribution in [1.29, 1.82) is 5.26 Å². The van der Waals surface area contributed by atoms with Crippen molar-refractivity contribution in [2.45, 2.75) is 117 Å². The van der Waals surface area contributed by atoms with Crippen molar-refractivity contribution in [3.05, 3.63) is 70.6 Å². The molecule has 0 saturated heterocycles. The highest BCUT2D eigenvalue weighted by Gasteiger charge is 2.52. The number of aliphatic carboxylic acids is 2. The van der Waals surface area contributed by atoms with E-state index in [4.69, 9.17) is 0 Å². The monoisotopic (exact) mass is 727 g/mol. The molecular formula is C40H49F4N3O5. The van der Waals surface area contributed by atoms with E-state index in [9.17, 15) is 38.2 Å². The third kappa shape index (κ3) is 8.45. The number of carbonyl (C=O) groups is 2. The fourth-order valence-corrected chi connectivity index (χ4v) is 8.08. The normalized spacial score (nSPS) is 27.0. The first-order valence-electron chi connectivity index (χ1n) is 18.0. The molecule has 3 aliphatic rings. The summed E-state index contributed by atoms with van der Waals surface area (Å²) in [6.07, 6.45) is 5.62. The number of unbranched alkanes of at least 4 members (excludes halogenated alkanes) is 1. The van der Waals surface area contributed by atoms with Crippen molar-refractivity contribution < 1.29 is 46.7 Å². The molecule has 8 nitrogen and oxygen atoms in total. The molecule has 4 atom stereocenters. The second kappa shape index (κ2) is 15.7. The molecule has 0 radical (unpaired) electrons. The van der Waals surface area contributed by atoms with Gasteiger partial charge in [0.25, 0.3) is 0 Å². The highest BCUT2D eigenvalue weighted by Crippen LogP contribution is 2.58. The van der Waals surface area contributed by atoms with Gasteiger partial charge in [-0.2, -0.15) is 9.84 Å². The number of carboxylic acid groups (broad SMARTS) is 2. The third-order valence-corrected chi connectivity index (χ3v) is 11.0. The lowest BCUT2D eigenvalue weighted by atomic mass is 9.68. The van der Waals surface area contributed by atoms with Crippen LogP contribution < -0.4 is 9.84 Å². The Bertz CT molecular complexity index is 1770. The molecular weight excluding hydrogens is 678 g/mol. The number of hydrogen-bond acceptors (Lipinski definition) is 6. The largest absolute Gasteiger partial charge is 0.573 e. The van der Waals surface area contributed by atoms with Gasteiger partial charge in [0.15, 0.2) is 12.3 Å². The summed E-state index contributed by atoms with van der Waals surface area (Å²) < 4.78 is 61.4. The fraction of sp³-hybridized carbons (Fsp3) is 0.550. The number of benzene rings is 1. The molecule has 282 valence electrons. The summed E-state index contributed by atoms with van der Waals surface area (Å²) in [5.74, 6) is -2.91. The molecule has 0 bridgehead atoms. The number of hydrogen-bond donors (Lipinski definition) is 1. The van der Waals surface area contributed by atoms with Gasteiger partial charge in [0.05, 0.1) is 23.5 Å². The second-order valence-electron chi connectivity index (χ2n) is 14.8. The first kappa shape index (κ1) is 40.4. The van der Waals surface area contributed by atoms with Crippen molar-refractivity contribution in [3.8, 4) is 11.8 Å². The van der Waals surface area contributed by atoms with Crippen LogP contribution in [0.3, 0.4) is 0 Å². The number of ether oxygens (including phenoxy) is 1. The molecule has 1 aromatic carbocycles. The Kier molecular flexibility index (Phi) is 12.2. The van der Waals surface area contributed by atoms with Crippen molar-refractivity contribution in [2.24, 2.45) is 11.3 Å². The summed E-state index contributed by atoms with van der Waals surface area (Å²) in [4.78, 5) is 25.3. The number of carbonyl (C=O) groups excluding carboxylic acids is 1. The summed E-state index contributed by atoms with van der Waals surface area (Å²) >= 11 is 0. The Hall–Kier alpha value is -4.40. The number of halogens is 4. The van der Waals surface area contributed by atoms with E-state index in [2.05, 4.69) is 17.7 Å². The highest BCUT2D eigenvalue weighted by molar-refractivity contribution is 6.03. The SMILES string of the molecule is CCCCC1(C)C(/C=C/C(C#N)=C/C=C2/N(CCC(=O)O)C3=C(CC(C)(F)C(C)C3)C2(C)CCC)=[N+](CCC(=O)[O-])c2ccc(OC(F)(F)F)cc21. The molecule has 2 heterocycles. The minimum Gasteiger partial charge on any atom is -0.550 e. The van der Waals surface area contributed by atoms with Gasteiger partial charge in [0.1, 0.15) is 11.4 Å². The number of fused-ring (bicyclic) bond motifs is 1. The number of nitriles is 1. The Balaban J connectivity index is 1.83. The van der Waals surface area contributed by atoms with E-state index >= 15 is 4.39 Å². The summed E-state index contributed by atoms with van der Waals surface area (Å²) in [6, 6.07) is 6.24. The van der Waals surface area contributed by atoms with E-state index in [-0.39, 0.29) is 49.6 Å². The second-order valence-corrected chi connectivity index (χ2v) is 14.8. The minimum absolute atomic E-state index is 0.0110. The Morgan fingerprint density at radius 2 is 1.87 bits per heavy atom. The van der Waals surface area contributed by atoms with Gasteiger partial charge < -0.3 is 24.6 Å². The van der Waals surface area contributed by atoms with Gasteiger partial charge in [-0.15, -0.1) is 13.2 Å². The molecule has 0 spiro atoms. The van der Waals surface area contributed by atoms with Crippen LogP contribution in [0.2, 0.25) is 0 Å². The molecule has 0 aromatic heterocycles. The maximum absolute atomic E-state index is 15.8. The van der Waals surface area contributed by atoms with Crippen molar-refractivity contribution in [1.82, 2.24) is 4.90 Å². The van der Waals surface area contributed by atoms with Crippen LogP contribution in [0.15, 0.2) is 65.0 Å². The van der Waals surface area contributed by atoms with Crippen LogP contribution in [0.1, 0.15) is 105 Å². The zero-order valence-corrected chi connectivity index (χ0v) is 30.8. The summed E-state index contributed by atoms with van der Waals surface area (Å²) in [5, 5.41) is 31.5. The zero-order chi connectivity index (χ0) is 38.6. The van der Waals surface area contributed by atoms with Gasteiger partial charge in [0.2, 0.25) is 5.69 Å². The molecule has 1 aliphatic carbocycles. The Morgan fingerprint density at radius 3 is 2.46 bits per heavy atom. The molecule has 0 amide bonds. The molecule has 4 rings (SSSR count). The summed E-state index contributed by atoms with van der Waals surface area (Å²) in [5.41, 5.74) is 1.77. The van der Waals surface area contributed by atoms with Crippen LogP contribution in [0, 0.1) is 22.7 Å². The van der Waals surface area contributed by atoms with Gasteiger partial charge in [-0.05, 0) is 75.0 Å². The number of carboxylic acids is 2. The van der Waals surface area contributed by atoms with Crippen LogP contribution >= 0.6 is 0 Å². The molecule has 4 unspecified atom stereocenters. The zero-order valence-electron chi connectivity index (χ0n) is 30.8. The van der Waals surface area contributed by atoms with Gasteiger partial charge in [-0.1, -0.05) is 47.0 Å². The van der Waals surface area contributed by atoms with E-state index < -0.39 is 34.8 Å². The number of alkyl halides is 4. The van der Waals surface area contributed by atoms with Crippen LogP contribution in [0.5, 0.6) is 5.75 Å². The lowest BCUT2D eigenvalue weighted by Gasteiger charge is -2.37. The first-order valence-corrected chi connectivity index (χ1v) is 18.0. The van der Waals surface area contributed by atoms with Gasteiger partial charge in [-0.25, -0.2) is 4.39 Å². The highest BCUT2D eigenvalue weighted by atomic mass is 19.4. The summed E-state index contributed by atoms with van der Waals surface area (Å²) in [7, 11) is 0. The van der Waals surface area contributed by atoms with Crippen molar-refractivity contribution >= 4 is 23.3 Å². The van der Waals surface area contributed by atoms with Crippen LogP contribution in [-0.2, 0) is 15.0 Å². The van der Waals surface area contributed by atoms with Gasteiger partial charge in [0, 0.05) is 59.9 Å². The maximum atomic E-state index is 15.8. The first-order chi connectivity index (χ1) is 24.3. The quantitative estimate of drug-likeness (QED) is 0.0839. The van der Waals surface area contributed by atoms with Crippen molar-refractivity contribution in [2.75, 3.05) is 13.1 Å². The summed E-state index contributed by atoms with van der Waals surface area (Å²) in [6.45, 7) is 11.6.